The monoisotopic (exact) mass is 221 g/mol. The lowest BCUT2D eigenvalue weighted by atomic mass is 10.1. The van der Waals surface area contributed by atoms with Crippen molar-refractivity contribution in [1.29, 1.82) is 0 Å². The fraction of sp³-hybridized carbons (Fsp3) is 0.364. The molecule has 0 bridgehead atoms. The molecule has 1 amide bonds. The quantitative estimate of drug-likeness (QED) is 0.732. The fourth-order valence-corrected chi connectivity index (χ4v) is 1.28. The molecule has 0 aromatic heterocycles. The van der Waals surface area contributed by atoms with Crippen molar-refractivity contribution in [3.8, 4) is 0 Å². The summed E-state index contributed by atoms with van der Waals surface area (Å²) in [6.07, 6.45) is 7.12. The number of rotatable bonds is 4. The van der Waals surface area contributed by atoms with Crippen LogP contribution in [0.3, 0.4) is 0 Å². The third kappa shape index (κ3) is 3.05. The largest absolute Gasteiger partial charge is 0.352 e. The van der Waals surface area contributed by atoms with Crippen molar-refractivity contribution in [1.82, 2.24) is 10.2 Å². The van der Waals surface area contributed by atoms with E-state index in [9.17, 15) is 9.70 Å². The average molecular weight is 221 g/mol. The summed E-state index contributed by atoms with van der Waals surface area (Å²) in [4.78, 5) is 23.4. The van der Waals surface area contributed by atoms with E-state index < -0.39 is 0 Å². The maximum Gasteiger partial charge on any atom is 0.252 e. The standard InChI is InChI=1S/C11H15N3O2/c1-3-6-12-11(15)9-4-5-10(7-13-16)14(2)8-9/h4-5,7-8H,3,6H2,1-2H3,(H,12,15)/b10-7+. The van der Waals surface area contributed by atoms with Crippen LogP contribution in [0, 0.1) is 4.91 Å². The van der Waals surface area contributed by atoms with Crippen molar-refractivity contribution < 1.29 is 4.79 Å². The van der Waals surface area contributed by atoms with Gasteiger partial charge in [-0.2, -0.15) is 0 Å². The Morgan fingerprint density at radius 1 is 1.56 bits per heavy atom. The predicted molar refractivity (Wildman–Crippen MR) is 62.2 cm³/mol. The SMILES string of the molecule is CCCNC(=O)C1=CN(C)/C(=C/N=O)C=C1. The maximum atomic E-state index is 11.6. The molecular formula is C11H15N3O2. The summed E-state index contributed by atoms with van der Waals surface area (Å²) in [6.45, 7) is 2.65. The van der Waals surface area contributed by atoms with Gasteiger partial charge in [0.1, 0.15) is 0 Å². The molecule has 5 nitrogen and oxygen atoms in total. The Morgan fingerprint density at radius 3 is 2.88 bits per heavy atom. The van der Waals surface area contributed by atoms with Gasteiger partial charge in [0.05, 0.1) is 17.5 Å². The molecule has 0 unspecified atom stereocenters. The molecule has 1 rings (SSSR count). The van der Waals surface area contributed by atoms with Gasteiger partial charge in [-0.25, -0.2) is 0 Å². The summed E-state index contributed by atoms with van der Waals surface area (Å²) in [5.74, 6) is -0.108. The number of carbonyl (C=O) groups is 1. The Balaban J connectivity index is 2.70. The lowest BCUT2D eigenvalue weighted by Crippen LogP contribution is -2.27. The van der Waals surface area contributed by atoms with Gasteiger partial charge in [0.25, 0.3) is 5.91 Å². The molecule has 0 saturated heterocycles. The highest BCUT2D eigenvalue weighted by molar-refractivity contribution is 5.96. The van der Waals surface area contributed by atoms with Crippen LogP contribution < -0.4 is 5.32 Å². The predicted octanol–water partition coefficient (Wildman–Crippen LogP) is 1.51. The highest BCUT2D eigenvalue weighted by atomic mass is 16.2. The van der Waals surface area contributed by atoms with Gasteiger partial charge in [-0.3, -0.25) is 4.79 Å². The van der Waals surface area contributed by atoms with Gasteiger partial charge in [-0.1, -0.05) is 6.92 Å². The van der Waals surface area contributed by atoms with Crippen LogP contribution >= 0.6 is 0 Å². The Kier molecular flexibility index (Phi) is 4.44. The highest BCUT2D eigenvalue weighted by Gasteiger charge is 2.12. The summed E-state index contributed by atoms with van der Waals surface area (Å²) >= 11 is 0. The fourth-order valence-electron chi connectivity index (χ4n) is 1.28. The van der Waals surface area contributed by atoms with Gasteiger partial charge in [0.2, 0.25) is 0 Å². The summed E-state index contributed by atoms with van der Waals surface area (Å²) in [5.41, 5.74) is 1.22. The van der Waals surface area contributed by atoms with Crippen molar-refractivity contribution in [2.75, 3.05) is 13.6 Å². The van der Waals surface area contributed by atoms with Crippen LogP contribution in [0.4, 0.5) is 0 Å². The molecule has 0 aromatic rings. The molecule has 0 atom stereocenters. The topological polar surface area (TPSA) is 61.8 Å². The van der Waals surface area contributed by atoms with Crippen molar-refractivity contribution in [2.45, 2.75) is 13.3 Å². The van der Waals surface area contributed by atoms with Gasteiger partial charge >= 0.3 is 0 Å². The molecule has 0 spiro atoms. The first-order valence-corrected chi connectivity index (χ1v) is 5.12. The Morgan fingerprint density at radius 2 is 2.31 bits per heavy atom. The van der Waals surface area contributed by atoms with Crippen LogP contribution in [-0.4, -0.2) is 24.4 Å². The first-order valence-electron chi connectivity index (χ1n) is 5.12. The number of amides is 1. The third-order valence-electron chi connectivity index (χ3n) is 2.16. The van der Waals surface area contributed by atoms with E-state index in [1.807, 2.05) is 6.92 Å². The second kappa shape index (κ2) is 5.85. The van der Waals surface area contributed by atoms with E-state index in [2.05, 4.69) is 10.5 Å². The zero-order valence-corrected chi connectivity index (χ0v) is 9.43. The van der Waals surface area contributed by atoms with E-state index in [1.165, 1.54) is 6.20 Å². The first kappa shape index (κ1) is 12.2. The van der Waals surface area contributed by atoms with Crippen LogP contribution in [-0.2, 0) is 4.79 Å². The average Bonchev–Trinajstić information content (AvgIpc) is 2.29. The third-order valence-corrected chi connectivity index (χ3v) is 2.16. The van der Waals surface area contributed by atoms with Gasteiger partial charge in [0.15, 0.2) is 0 Å². The highest BCUT2D eigenvalue weighted by Crippen LogP contribution is 2.14. The zero-order valence-electron chi connectivity index (χ0n) is 9.43. The molecule has 0 fully saturated rings. The lowest BCUT2D eigenvalue weighted by Gasteiger charge is -2.19. The van der Waals surface area contributed by atoms with Crippen molar-refractivity contribution >= 4 is 5.91 Å². The van der Waals surface area contributed by atoms with Gasteiger partial charge < -0.3 is 10.2 Å². The molecule has 0 aromatic carbocycles. The van der Waals surface area contributed by atoms with Crippen LogP contribution in [0.25, 0.3) is 0 Å². The normalized spacial score (nSPS) is 17.2. The van der Waals surface area contributed by atoms with Crippen LogP contribution in [0.2, 0.25) is 0 Å². The number of nitroso groups, excluding NO2 is 1. The number of nitrogens with zero attached hydrogens (tertiary/aromatic N) is 2. The molecule has 1 N–H and O–H groups in total. The van der Waals surface area contributed by atoms with E-state index in [0.29, 0.717) is 17.8 Å². The minimum atomic E-state index is -0.108. The first-order chi connectivity index (χ1) is 7.69. The Bertz CT molecular complexity index is 369. The zero-order chi connectivity index (χ0) is 12.0. The summed E-state index contributed by atoms with van der Waals surface area (Å²) in [7, 11) is 1.76. The molecule has 16 heavy (non-hydrogen) atoms. The van der Waals surface area contributed by atoms with E-state index in [4.69, 9.17) is 0 Å². The number of allylic oxidation sites excluding steroid dienone is 1. The minimum absolute atomic E-state index is 0.108. The van der Waals surface area contributed by atoms with Crippen LogP contribution in [0.15, 0.2) is 41.0 Å². The van der Waals surface area contributed by atoms with Gasteiger partial charge in [-0.15, -0.1) is 4.91 Å². The van der Waals surface area contributed by atoms with Crippen molar-refractivity contribution in [3.63, 3.8) is 0 Å². The number of hydrogen-bond acceptors (Lipinski definition) is 4. The maximum absolute atomic E-state index is 11.6. The van der Waals surface area contributed by atoms with Gasteiger partial charge in [-0.05, 0) is 23.7 Å². The molecule has 0 radical (unpaired) electrons. The molecular weight excluding hydrogens is 206 g/mol. The minimum Gasteiger partial charge on any atom is -0.352 e. The second-order valence-electron chi connectivity index (χ2n) is 3.44. The Hall–Kier alpha value is -1.91. The second-order valence-corrected chi connectivity index (χ2v) is 3.44. The summed E-state index contributed by atoms with van der Waals surface area (Å²) in [5, 5.41) is 5.47. The van der Waals surface area contributed by atoms with E-state index in [1.54, 1.807) is 30.3 Å². The molecule has 1 aliphatic heterocycles. The molecule has 1 heterocycles. The lowest BCUT2D eigenvalue weighted by molar-refractivity contribution is -0.117. The Labute approximate surface area is 94.5 Å². The molecule has 0 saturated carbocycles. The van der Waals surface area contributed by atoms with Crippen molar-refractivity contribution in [3.05, 3.63) is 40.7 Å². The smallest absolute Gasteiger partial charge is 0.252 e. The number of nitrogens with one attached hydrogen (secondary N) is 1. The summed E-state index contributed by atoms with van der Waals surface area (Å²) < 4.78 is 0. The number of carbonyl (C=O) groups excluding carboxylic acids is 1. The molecule has 86 valence electrons. The summed E-state index contributed by atoms with van der Waals surface area (Å²) in [6, 6.07) is 0. The van der Waals surface area contributed by atoms with Crippen LogP contribution in [0.5, 0.6) is 0 Å². The number of hydrogen-bond donors (Lipinski definition) is 1. The van der Waals surface area contributed by atoms with Gasteiger partial charge in [0, 0.05) is 19.8 Å². The van der Waals surface area contributed by atoms with Crippen molar-refractivity contribution in [2.24, 2.45) is 5.18 Å². The van der Waals surface area contributed by atoms with E-state index in [-0.39, 0.29) is 5.91 Å². The van der Waals surface area contributed by atoms with E-state index >= 15 is 0 Å². The van der Waals surface area contributed by atoms with E-state index in [0.717, 1.165) is 6.42 Å². The molecule has 1 aliphatic rings. The number of likely N-dealkylation sites (N-methyl/N-ethyl adjacent to an activating group) is 1. The molecule has 5 heteroatoms. The molecule has 0 aliphatic carbocycles. The van der Waals surface area contributed by atoms with Crippen LogP contribution in [0.1, 0.15) is 13.3 Å².